The highest BCUT2D eigenvalue weighted by atomic mass is 19.4. The molecule has 0 radical (unpaired) electrons. The first-order chi connectivity index (χ1) is 10.7. The fraction of sp³-hybridized carbons (Fsp3) is 0.286. The molecule has 0 fully saturated rings. The zero-order valence-electron chi connectivity index (χ0n) is 12.0. The molecule has 1 amide bonds. The number of benzene rings is 1. The Morgan fingerprint density at radius 1 is 1.35 bits per heavy atom. The summed E-state index contributed by atoms with van der Waals surface area (Å²) in [6.07, 6.45) is -2.21. The SMILES string of the molecule is COc1cc(C=CC(=O)OCC(=O)NCC(F)(F)F)ccc1O. The first kappa shape index (κ1) is 18.3. The number of ether oxygens (including phenoxy) is 2. The number of halogens is 3. The number of amides is 1. The number of esters is 1. The van der Waals surface area contributed by atoms with Gasteiger partial charge >= 0.3 is 12.1 Å². The normalized spacial score (nSPS) is 11.3. The Kier molecular flexibility index (Phi) is 6.43. The maximum absolute atomic E-state index is 11.9. The van der Waals surface area contributed by atoms with Crippen LogP contribution in [0.15, 0.2) is 24.3 Å². The first-order valence-electron chi connectivity index (χ1n) is 6.26. The fourth-order valence-corrected chi connectivity index (χ4v) is 1.40. The topological polar surface area (TPSA) is 84.9 Å². The molecule has 0 heterocycles. The molecule has 1 aromatic carbocycles. The summed E-state index contributed by atoms with van der Waals surface area (Å²) < 4.78 is 44.9. The van der Waals surface area contributed by atoms with Crippen molar-refractivity contribution in [2.45, 2.75) is 6.18 Å². The van der Waals surface area contributed by atoms with Crippen molar-refractivity contribution < 1.29 is 37.3 Å². The van der Waals surface area contributed by atoms with Crippen molar-refractivity contribution in [2.75, 3.05) is 20.3 Å². The zero-order chi connectivity index (χ0) is 17.5. The Hall–Kier alpha value is -2.71. The van der Waals surface area contributed by atoms with E-state index in [4.69, 9.17) is 4.74 Å². The van der Waals surface area contributed by atoms with Gasteiger partial charge in [0.15, 0.2) is 18.1 Å². The summed E-state index contributed by atoms with van der Waals surface area (Å²) in [5.41, 5.74) is 0.512. The van der Waals surface area contributed by atoms with Crippen molar-refractivity contribution in [3.63, 3.8) is 0 Å². The third kappa shape index (κ3) is 7.21. The molecule has 0 spiro atoms. The van der Waals surface area contributed by atoms with E-state index in [1.54, 1.807) is 5.32 Å². The van der Waals surface area contributed by atoms with E-state index >= 15 is 0 Å². The van der Waals surface area contributed by atoms with E-state index in [0.29, 0.717) is 5.56 Å². The van der Waals surface area contributed by atoms with Crippen LogP contribution in [-0.2, 0) is 14.3 Å². The molecule has 0 unspecified atom stereocenters. The molecule has 6 nitrogen and oxygen atoms in total. The maximum atomic E-state index is 11.9. The standard InChI is InChI=1S/C14H14F3NO5/c1-22-11-6-9(2-4-10(11)19)3-5-13(21)23-7-12(20)18-8-14(15,16)17/h2-6,19H,7-8H2,1H3,(H,18,20). The molecule has 2 N–H and O–H groups in total. The van der Waals surface area contributed by atoms with E-state index in [1.165, 1.54) is 31.4 Å². The van der Waals surface area contributed by atoms with Crippen molar-refractivity contribution in [3.05, 3.63) is 29.8 Å². The average Bonchev–Trinajstić information content (AvgIpc) is 2.49. The van der Waals surface area contributed by atoms with Crippen LogP contribution in [0.25, 0.3) is 6.08 Å². The largest absolute Gasteiger partial charge is 0.504 e. The van der Waals surface area contributed by atoms with Gasteiger partial charge in [0.25, 0.3) is 5.91 Å². The Bertz CT molecular complexity index is 599. The summed E-state index contributed by atoms with van der Waals surface area (Å²) in [7, 11) is 1.36. The monoisotopic (exact) mass is 333 g/mol. The van der Waals surface area contributed by atoms with Crippen molar-refractivity contribution in [3.8, 4) is 11.5 Å². The van der Waals surface area contributed by atoms with E-state index in [2.05, 4.69) is 4.74 Å². The van der Waals surface area contributed by atoms with Crippen molar-refractivity contribution in [1.29, 1.82) is 0 Å². The van der Waals surface area contributed by atoms with Crippen LogP contribution in [0.2, 0.25) is 0 Å². The number of rotatable bonds is 6. The molecule has 0 aliphatic rings. The number of phenols is 1. The molecule has 1 rings (SSSR count). The third-order valence-electron chi connectivity index (χ3n) is 2.45. The number of aromatic hydroxyl groups is 1. The van der Waals surface area contributed by atoms with Crippen LogP contribution in [0.3, 0.4) is 0 Å². The predicted molar refractivity (Wildman–Crippen MR) is 73.7 cm³/mol. The second kappa shape index (κ2) is 8.06. The van der Waals surface area contributed by atoms with Crippen LogP contribution in [0.4, 0.5) is 13.2 Å². The lowest BCUT2D eigenvalue weighted by molar-refractivity contribution is -0.148. The van der Waals surface area contributed by atoms with Gasteiger partial charge in [0.05, 0.1) is 7.11 Å². The first-order valence-corrected chi connectivity index (χ1v) is 6.26. The summed E-state index contributed by atoms with van der Waals surface area (Å²) in [5.74, 6) is -1.84. The Morgan fingerprint density at radius 3 is 2.65 bits per heavy atom. The molecule has 0 saturated carbocycles. The molecule has 0 aliphatic carbocycles. The predicted octanol–water partition coefficient (Wildman–Crippen LogP) is 1.64. The molecule has 126 valence electrons. The highest BCUT2D eigenvalue weighted by Gasteiger charge is 2.27. The molecule has 0 aliphatic heterocycles. The van der Waals surface area contributed by atoms with Crippen LogP contribution >= 0.6 is 0 Å². The molecule has 0 atom stereocenters. The number of nitrogens with one attached hydrogen (secondary N) is 1. The van der Waals surface area contributed by atoms with Crippen molar-refractivity contribution in [2.24, 2.45) is 0 Å². The molecule has 0 aromatic heterocycles. The van der Waals surface area contributed by atoms with Crippen LogP contribution in [0, 0.1) is 0 Å². The van der Waals surface area contributed by atoms with E-state index in [9.17, 15) is 27.9 Å². The average molecular weight is 333 g/mol. The van der Waals surface area contributed by atoms with Crippen LogP contribution in [0.1, 0.15) is 5.56 Å². The van der Waals surface area contributed by atoms with Crippen LogP contribution in [-0.4, -0.2) is 43.4 Å². The highest BCUT2D eigenvalue weighted by Crippen LogP contribution is 2.26. The van der Waals surface area contributed by atoms with Crippen molar-refractivity contribution >= 4 is 18.0 Å². The summed E-state index contributed by atoms with van der Waals surface area (Å²) in [6, 6.07) is 4.31. The summed E-state index contributed by atoms with van der Waals surface area (Å²) in [5, 5.41) is 11.0. The van der Waals surface area contributed by atoms with Gasteiger partial charge in [-0.2, -0.15) is 13.2 Å². The van der Waals surface area contributed by atoms with Gasteiger partial charge in [0.2, 0.25) is 0 Å². The van der Waals surface area contributed by atoms with Gasteiger partial charge < -0.3 is 19.9 Å². The van der Waals surface area contributed by atoms with Crippen molar-refractivity contribution in [1.82, 2.24) is 5.32 Å². The minimum Gasteiger partial charge on any atom is -0.504 e. The zero-order valence-corrected chi connectivity index (χ0v) is 12.0. The molecule has 0 saturated heterocycles. The van der Waals surface area contributed by atoms with Gasteiger partial charge in [0.1, 0.15) is 6.54 Å². The number of carbonyl (C=O) groups excluding carboxylic acids is 2. The third-order valence-corrected chi connectivity index (χ3v) is 2.45. The van der Waals surface area contributed by atoms with Gasteiger partial charge in [-0.15, -0.1) is 0 Å². The Labute approximate surface area is 129 Å². The lowest BCUT2D eigenvalue weighted by Gasteiger charge is -2.08. The lowest BCUT2D eigenvalue weighted by atomic mass is 10.2. The van der Waals surface area contributed by atoms with E-state index in [0.717, 1.165) is 6.08 Å². The number of methoxy groups -OCH3 is 1. The Morgan fingerprint density at radius 2 is 2.04 bits per heavy atom. The summed E-state index contributed by atoms with van der Waals surface area (Å²) in [4.78, 5) is 22.4. The fourth-order valence-electron chi connectivity index (χ4n) is 1.40. The number of phenolic OH excluding ortho intramolecular Hbond substituents is 1. The lowest BCUT2D eigenvalue weighted by Crippen LogP contribution is -2.36. The van der Waals surface area contributed by atoms with Gasteiger partial charge in [-0.25, -0.2) is 4.79 Å². The van der Waals surface area contributed by atoms with Crippen LogP contribution in [0.5, 0.6) is 11.5 Å². The minimum absolute atomic E-state index is 0.0754. The van der Waals surface area contributed by atoms with E-state index in [1.807, 2.05) is 0 Å². The van der Waals surface area contributed by atoms with Gasteiger partial charge in [-0.1, -0.05) is 6.07 Å². The Balaban J connectivity index is 2.46. The molecule has 1 aromatic rings. The van der Waals surface area contributed by atoms with Crippen LogP contribution < -0.4 is 10.1 Å². The highest BCUT2D eigenvalue weighted by molar-refractivity contribution is 5.89. The minimum atomic E-state index is -4.53. The van der Waals surface area contributed by atoms with Gasteiger partial charge in [0, 0.05) is 6.08 Å². The second-order valence-corrected chi connectivity index (χ2v) is 4.26. The second-order valence-electron chi connectivity index (χ2n) is 4.26. The summed E-state index contributed by atoms with van der Waals surface area (Å²) >= 11 is 0. The molecule has 9 heteroatoms. The van der Waals surface area contributed by atoms with Gasteiger partial charge in [-0.05, 0) is 23.8 Å². The smallest absolute Gasteiger partial charge is 0.405 e. The maximum Gasteiger partial charge on any atom is 0.405 e. The number of carbonyl (C=O) groups is 2. The summed E-state index contributed by atoms with van der Waals surface area (Å²) in [6.45, 7) is -2.31. The number of alkyl halides is 3. The van der Waals surface area contributed by atoms with E-state index < -0.39 is 31.2 Å². The number of hydrogen-bond acceptors (Lipinski definition) is 5. The molecule has 0 bridgehead atoms. The molecule has 23 heavy (non-hydrogen) atoms. The quantitative estimate of drug-likeness (QED) is 0.611. The molecular formula is C14H14F3NO5. The van der Waals surface area contributed by atoms with Gasteiger partial charge in [-0.3, -0.25) is 4.79 Å². The van der Waals surface area contributed by atoms with E-state index in [-0.39, 0.29) is 11.5 Å². The number of hydrogen-bond donors (Lipinski definition) is 2. The molecular weight excluding hydrogens is 319 g/mol.